The van der Waals surface area contributed by atoms with Crippen molar-refractivity contribution in [3.8, 4) is 5.82 Å². The number of anilines is 1. The van der Waals surface area contributed by atoms with Crippen LogP contribution in [0.3, 0.4) is 0 Å². The first-order chi connectivity index (χ1) is 15.0. The number of hydrogen-bond donors (Lipinski definition) is 2. The molecule has 0 bridgehead atoms. The Labute approximate surface area is 186 Å². The summed E-state index contributed by atoms with van der Waals surface area (Å²) < 4.78 is 7.03. The van der Waals surface area contributed by atoms with Crippen molar-refractivity contribution < 1.29 is 9.42 Å². The molecular weight excluding hydrogens is 466 g/mol. The lowest BCUT2D eigenvalue weighted by Crippen LogP contribution is -2.31. The molecule has 1 aromatic carbocycles. The molecule has 3 aromatic rings. The molecule has 0 atom stereocenters. The van der Waals surface area contributed by atoms with Gasteiger partial charge >= 0.3 is 0 Å². The minimum atomic E-state index is -0.470. The van der Waals surface area contributed by atoms with Crippen LogP contribution in [-0.2, 0) is 6.54 Å². The minimum absolute atomic E-state index is 0.0697. The first-order valence-electron chi connectivity index (χ1n) is 9.89. The molecular formula is C19H22BrN9O2. The first-order valence-corrected chi connectivity index (χ1v) is 10.7. The van der Waals surface area contributed by atoms with E-state index in [1.807, 2.05) is 31.2 Å². The largest absolute Gasteiger partial charge is 0.378 e. The number of carbonyl (C=O) groups excluding carboxylic acids is 1. The Bertz CT molecular complexity index is 1100. The van der Waals surface area contributed by atoms with Gasteiger partial charge in [-0.05, 0) is 60.9 Å². The van der Waals surface area contributed by atoms with Gasteiger partial charge in [0.15, 0.2) is 5.69 Å². The Kier molecular flexibility index (Phi) is 6.37. The lowest BCUT2D eigenvalue weighted by Gasteiger charge is -2.26. The third kappa shape index (κ3) is 4.80. The van der Waals surface area contributed by atoms with Crippen LogP contribution < -0.4 is 11.2 Å². The Morgan fingerprint density at radius 1 is 1.29 bits per heavy atom. The average Bonchev–Trinajstić information content (AvgIpc) is 3.38. The van der Waals surface area contributed by atoms with Crippen LogP contribution in [0.25, 0.3) is 5.82 Å². The van der Waals surface area contributed by atoms with Crippen LogP contribution in [0.1, 0.15) is 47.9 Å². The van der Waals surface area contributed by atoms with Crippen LogP contribution in [0.15, 0.2) is 38.5 Å². The van der Waals surface area contributed by atoms with Crippen molar-refractivity contribution >= 4 is 33.4 Å². The Balaban J connectivity index is 1.60. The molecule has 31 heavy (non-hydrogen) atoms. The molecule has 3 N–H and O–H groups in total. The highest BCUT2D eigenvalue weighted by Gasteiger charge is 2.26. The Hall–Kier alpha value is -3.12. The summed E-state index contributed by atoms with van der Waals surface area (Å²) in [4.78, 5) is 15.2. The molecule has 3 heterocycles. The van der Waals surface area contributed by atoms with E-state index in [0.717, 1.165) is 36.0 Å². The van der Waals surface area contributed by atoms with Gasteiger partial charge in [-0.15, -0.1) is 5.10 Å². The van der Waals surface area contributed by atoms with Crippen molar-refractivity contribution in [2.24, 2.45) is 5.10 Å². The second-order valence-electron chi connectivity index (χ2n) is 7.25. The van der Waals surface area contributed by atoms with Gasteiger partial charge in [-0.1, -0.05) is 39.7 Å². The maximum absolute atomic E-state index is 12.9. The number of piperidine rings is 1. The summed E-state index contributed by atoms with van der Waals surface area (Å²) in [5, 5.41) is 19.8. The van der Waals surface area contributed by atoms with Crippen LogP contribution in [0, 0.1) is 0 Å². The summed E-state index contributed by atoms with van der Waals surface area (Å²) in [5.74, 6) is -0.199. The van der Waals surface area contributed by atoms with Gasteiger partial charge in [0.2, 0.25) is 11.6 Å². The van der Waals surface area contributed by atoms with Gasteiger partial charge in [0.25, 0.3) is 5.91 Å². The monoisotopic (exact) mass is 487 g/mol. The summed E-state index contributed by atoms with van der Waals surface area (Å²) >= 11 is 3.43. The number of nitrogens with two attached hydrogens (primary N) is 1. The predicted octanol–water partition coefficient (Wildman–Crippen LogP) is 2.13. The topological polar surface area (TPSA) is 140 Å². The maximum atomic E-state index is 12.9. The lowest BCUT2D eigenvalue weighted by molar-refractivity contribution is 0.0947. The number of likely N-dealkylation sites (tertiary alicyclic amines) is 1. The van der Waals surface area contributed by atoms with E-state index in [1.165, 1.54) is 11.1 Å². The van der Waals surface area contributed by atoms with Crippen molar-refractivity contribution in [3.05, 3.63) is 45.7 Å². The molecule has 4 rings (SSSR count). The molecule has 1 saturated heterocycles. The standard InChI is InChI=1S/C19H22BrN9O2/c1-12(13-6-5-7-14(20)10-13)22-24-19(30)16-15(11-28-8-3-2-4-9-28)29(27-23-16)18-17(21)25-31-26-18/h5-7,10H,2-4,8-9,11H2,1H3,(H2,21,25)(H,24,30). The highest BCUT2D eigenvalue weighted by molar-refractivity contribution is 9.10. The third-order valence-corrected chi connectivity index (χ3v) is 5.56. The Morgan fingerprint density at radius 3 is 2.81 bits per heavy atom. The van der Waals surface area contributed by atoms with Crippen LogP contribution >= 0.6 is 15.9 Å². The minimum Gasteiger partial charge on any atom is -0.378 e. The van der Waals surface area contributed by atoms with Crippen molar-refractivity contribution in [2.75, 3.05) is 18.8 Å². The number of amides is 1. The van der Waals surface area contributed by atoms with Gasteiger partial charge in [0.05, 0.1) is 11.4 Å². The van der Waals surface area contributed by atoms with Gasteiger partial charge in [-0.25, -0.2) is 10.1 Å². The molecule has 1 aliphatic rings. The number of aromatic nitrogens is 5. The van der Waals surface area contributed by atoms with E-state index in [1.54, 1.807) is 0 Å². The fourth-order valence-electron chi connectivity index (χ4n) is 3.42. The molecule has 0 spiro atoms. The van der Waals surface area contributed by atoms with E-state index in [4.69, 9.17) is 10.4 Å². The first kappa shape index (κ1) is 21.1. The number of hydrogen-bond acceptors (Lipinski definition) is 9. The molecule has 11 nitrogen and oxygen atoms in total. The molecule has 12 heteroatoms. The van der Waals surface area contributed by atoms with Crippen molar-refractivity contribution in [1.82, 2.24) is 35.6 Å². The molecule has 0 radical (unpaired) electrons. The summed E-state index contributed by atoms with van der Waals surface area (Å²) in [6.45, 7) is 4.14. The van der Waals surface area contributed by atoms with E-state index in [0.29, 0.717) is 18.0 Å². The van der Waals surface area contributed by atoms with Gasteiger partial charge in [-0.3, -0.25) is 9.69 Å². The quantitative estimate of drug-likeness (QED) is 0.397. The molecule has 1 aliphatic heterocycles. The fourth-order valence-corrected chi connectivity index (χ4v) is 3.82. The molecule has 1 fully saturated rings. The maximum Gasteiger partial charge on any atom is 0.293 e. The number of nitrogens with zero attached hydrogens (tertiary/aromatic N) is 7. The molecule has 0 unspecified atom stereocenters. The highest BCUT2D eigenvalue weighted by Crippen LogP contribution is 2.20. The molecule has 2 aromatic heterocycles. The molecule has 0 aliphatic carbocycles. The number of nitrogen functional groups attached to an aromatic ring is 1. The van der Waals surface area contributed by atoms with E-state index in [9.17, 15) is 4.79 Å². The second kappa shape index (κ2) is 9.35. The number of hydrazone groups is 1. The number of benzene rings is 1. The zero-order valence-corrected chi connectivity index (χ0v) is 18.5. The zero-order chi connectivity index (χ0) is 21.8. The normalized spacial score (nSPS) is 15.2. The average molecular weight is 488 g/mol. The second-order valence-corrected chi connectivity index (χ2v) is 8.17. The van der Waals surface area contributed by atoms with Crippen LogP contribution in [0.4, 0.5) is 5.82 Å². The SMILES string of the molecule is CC(=NNC(=O)c1nnn(-c2nonc2N)c1CN1CCCCC1)c1cccc(Br)c1. The molecule has 0 saturated carbocycles. The van der Waals surface area contributed by atoms with Gasteiger partial charge < -0.3 is 5.73 Å². The van der Waals surface area contributed by atoms with Crippen LogP contribution in [0.2, 0.25) is 0 Å². The van der Waals surface area contributed by atoms with Crippen molar-refractivity contribution in [3.63, 3.8) is 0 Å². The van der Waals surface area contributed by atoms with Gasteiger partial charge in [0, 0.05) is 11.0 Å². The number of carbonyl (C=O) groups is 1. The van der Waals surface area contributed by atoms with E-state index in [-0.39, 0.29) is 17.3 Å². The third-order valence-electron chi connectivity index (χ3n) is 5.06. The predicted molar refractivity (Wildman–Crippen MR) is 117 cm³/mol. The summed E-state index contributed by atoms with van der Waals surface area (Å²) in [5.41, 5.74) is 10.7. The van der Waals surface area contributed by atoms with Crippen molar-refractivity contribution in [2.45, 2.75) is 32.7 Å². The number of halogens is 1. The number of nitrogens with one attached hydrogen (secondary N) is 1. The number of rotatable bonds is 6. The van der Waals surface area contributed by atoms with E-state index < -0.39 is 5.91 Å². The molecule has 162 valence electrons. The van der Waals surface area contributed by atoms with E-state index >= 15 is 0 Å². The Morgan fingerprint density at radius 2 is 2.10 bits per heavy atom. The summed E-state index contributed by atoms with van der Waals surface area (Å²) in [6.07, 6.45) is 3.41. The van der Waals surface area contributed by atoms with Crippen LogP contribution in [0.5, 0.6) is 0 Å². The van der Waals surface area contributed by atoms with Crippen LogP contribution in [-0.4, -0.2) is 54.9 Å². The van der Waals surface area contributed by atoms with Gasteiger partial charge in [-0.2, -0.15) is 9.78 Å². The van der Waals surface area contributed by atoms with E-state index in [2.05, 4.69) is 52.0 Å². The van der Waals surface area contributed by atoms with Crippen molar-refractivity contribution in [1.29, 1.82) is 0 Å². The zero-order valence-electron chi connectivity index (χ0n) is 17.0. The lowest BCUT2D eigenvalue weighted by atomic mass is 10.1. The highest BCUT2D eigenvalue weighted by atomic mass is 79.9. The smallest absolute Gasteiger partial charge is 0.293 e. The summed E-state index contributed by atoms with van der Waals surface area (Å²) in [7, 11) is 0. The summed E-state index contributed by atoms with van der Waals surface area (Å²) in [6, 6.07) is 7.65. The fraction of sp³-hybridized carbons (Fsp3) is 0.368. The van der Waals surface area contributed by atoms with Gasteiger partial charge in [0.1, 0.15) is 0 Å². The molecule has 1 amide bonds.